The summed E-state index contributed by atoms with van der Waals surface area (Å²) in [7, 11) is 0. The first-order valence-electron chi connectivity index (χ1n) is 55.1. The predicted octanol–water partition coefficient (Wildman–Crippen LogP) is 11.5. The largest absolute Gasteiger partial charge is 0.507 e. The molecular weight excluding hydrogens is 1870 g/mol. The molecule has 18 atom stereocenters. The van der Waals surface area contributed by atoms with Gasteiger partial charge >= 0.3 is 0 Å². The van der Waals surface area contributed by atoms with Crippen molar-refractivity contribution < 1.29 is 84.6 Å². The number of phenols is 5. The summed E-state index contributed by atoms with van der Waals surface area (Å²) in [5, 5.41) is 118. The number of nitrogens with one attached hydrogen (secondary N) is 1. The molecule has 6 aromatic rings. The Morgan fingerprint density at radius 1 is 0.419 bits per heavy atom. The number of fused-ring (bicyclic) bond motifs is 5. The molecule has 0 aromatic heterocycles. The smallest absolute Gasteiger partial charge is 0.252 e. The highest BCUT2D eigenvalue weighted by Crippen LogP contribution is 2.67. The average Bonchev–Trinajstić information content (AvgIpc) is 0.694. The summed E-state index contributed by atoms with van der Waals surface area (Å²) in [4.78, 5) is 97.5. The van der Waals surface area contributed by atoms with E-state index in [4.69, 9.17) is 34.4 Å². The van der Waals surface area contributed by atoms with Crippen LogP contribution in [-0.4, -0.2) is 253 Å². The molecule has 24 rings (SSSR count). The Morgan fingerprint density at radius 3 is 1.23 bits per heavy atom. The second kappa shape index (κ2) is 39.7. The Bertz CT molecular complexity index is 6210. The number of nitrogens with two attached hydrogens (primary N) is 6. The highest BCUT2D eigenvalue weighted by Gasteiger charge is 2.71. The lowest BCUT2D eigenvalue weighted by molar-refractivity contribution is -0.173. The lowest BCUT2D eigenvalue weighted by Gasteiger charge is -2.65. The minimum Gasteiger partial charge on any atom is -0.507 e. The number of likely N-dealkylation sites (tertiary alicyclic amines) is 5. The molecular formula is C119H156N12O17. The van der Waals surface area contributed by atoms with Crippen LogP contribution in [0.1, 0.15) is 337 Å². The van der Waals surface area contributed by atoms with Crippen LogP contribution in [0.2, 0.25) is 0 Å². The molecule has 10 bridgehead atoms. The molecule has 18 aliphatic rings. The van der Waals surface area contributed by atoms with Gasteiger partial charge in [-0.3, -0.25) is 58.1 Å². The lowest BCUT2D eigenvalue weighted by atomic mass is 9.48. The Labute approximate surface area is 868 Å². The number of nitrogens with zero attached hydrogens (tertiary/aromatic N) is 5. The van der Waals surface area contributed by atoms with E-state index in [1.807, 2.05) is 61.5 Å². The molecule has 23 N–H and O–H groups in total. The summed E-state index contributed by atoms with van der Waals surface area (Å²) in [5.74, 6) is -0.810. The summed E-state index contributed by atoms with van der Waals surface area (Å²) in [5.41, 5.74) is 41.4. The van der Waals surface area contributed by atoms with Crippen molar-refractivity contribution in [2.75, 3.05) is 65.4 Å². The molecule has 6 amide bonds. The Morgan fingerprint density at radius 2 is 0.797 bits per heavy atom. The molecule has 6 aromatic carbocycles. The normalized spacial score (nSPS) is 33.4. The predicted molar refractivity (Wildman–Crippen MR) is 564 cm³/mol. The fourth-order valence-electron chi connectivity index (χ4n) is 32.7. The van der Waals surface area contributed by atoms with E-state index in [0.717, 1.165) is 178 Å². The van der Waals surface area contributed by atoms with Gasteiger partial charge in [0.1, 0.15) is 34.5 Å². The van der Waals surface area contributed by atoms with Gasteiger partial charge in [0.05, 0.1) is 56.3 Å². The number of amides is 6. The van der Waals surface area contributed by atoms with Crippen LogP contribution < -0.4 is 39.7 Å². The van der Waals surface area contributed by atoms with Gasteiger partial charge in [-0.2, -0.15) is 0 Å². The van der Waals surface area contributed by atoms with Crippen LogP contribution in [0.4, 0.5) is 0 Å². The van der Waals surface area contributed by atoms with Gasteiger partial charge in [0.15, 0.2) is 0 Å². The van der Waals surface area contributed by atoms with Crippen LogP contribution in [0.3, 0.4) is 0 Å². The first kappa shape index (κ1) is 105. The zero-order valence-electron chi connectivity index (χ0n) is 87.0. The molecule has 8 saturated carbocycles. The van der Waals surface area contributed by atoms with Crippen LogP contribution in [-0.2, 0) is 64.0 Å². The van der Waals surface area contributed by atoms with Gasteiger partial charge in [0.2, 0.25) is 0 Å². The summed E-state index contributed by atoms with van der Waals surface area (Å²) >= 11 is 0. The second-order valence-corrected chi connectivity index (χ2v) is 48.8. The molecule has 29 nitrogen and oxygen atoms in total. The number of carbonyl (C=O) groups excluding carboxylic acids is 7. The van der Waals surface area contributed by atoms with Crippen LogP contribution in [0.25, 0.3) is 0 Å². The van der Waals surface area contributed by atoms with Crippen molar-refractivity contribution in [3.8, 4) is 28.7 Å². The summed E-state index contributed by atoms with van der Waals surface area (Å²) in [6, 6.07) is 25.4. The molecule has 5 heterocycles. The molecule has 0 radical (unpaired) electrons. The van der Waals surface area contributed by atoms with Crippen LogP contribution >= 0.6 is 0 Å². The Balaban J connectivity index is 0.000000113. The number of aromatic hydroxyl groups is 5. The number of piperidine rings is 5. The van der Waals surface area contributed by atoms with Crippen LogP contribution in [0, 0.1) is 30.6 Å². The third kappa shape index (κ3) is 17.3. The highest BCUT2D eigenvalue weighted by molar-refractivity contribution is 6.00. The van der Waals surface area contributed by atoms with Crippen molar-refractivity contribution in [2.45, 2.75) is 351 Å². The van der Waals surface area contributed by atoms with Crippen molar-refractivity contribution in [3.05, 3.63) is 215 Å². The van der Waals surface area contributed by atoms with Crippen LogP contribution in [0.15, 0.2) is 120 Å². The lowest BCUT2D eigenvalue weighted by Crippen LogP contribution is -2.74. The fourth-order valence-corrected chi connectivity index (χ4v) is 32.7. The summed E-state index contributed by atoms with van der Waals surface area (Å²) in [6.45, 7) is 23.6. The van der Waals surface area contributed by atoms with Crippen molar-refractivity contribution >= 4 is 41.2 Å². The number of allylic oxidation sites excluding steroid dienone is 3. The first-order valence-corrected chi connectivity index (χ1v) is 55.1. The number of primary amides is 5. The third-order valence-corrected chi connectivity index (χ3v) is 40.5. The van der Waals surface area contributed by atoms with Crippen molar-refractivity contribution in [3.63, 3.8) is 0 Å². The topological polar surface area (TPSA) is 506 Å². The third-order valence-electron chi connectivity index (χ3n) is 40.5. The minimum atomic E-state index is -1.12. The van der Waals surface area contributed by atoms with Crippen molar-refractivity contribution in [1.29, 1.82) is 0 Å². The maximum absolute atomic E-state index is 13.2. The summed E-state index contributed by atoms with van der Waals surface area (Å²) in [6.07, 6.45) is 32.2. The molecule has 5 saturated heterocycles. The molecule has 13 fully saturated rings. The average molecular weight is 2030 g/mol. The number of hydrogen-bond donors (Lipinski definition) is 17. The van der Waals surface area contributed by atoms with E-state index in [1.54, 1.807) is 30.3 Å². The van der Waals surface area contributed by atoms with E-state index in [1.165, 1.54) is 75.5 Å². The standard InChI is InChI=1S/C30H37N3O4.C23H30N2O3.C22H31N3O3.C22H28N2O4.C22H30N2O3/c1-18-4-2-7-21(14-18)28(36)32-22-10-11-30(37)24-15-20-8-9-23(27(31)35)26(34)25(20)29(30,16-22)12-13-33(24)17-19-5-3-6-19;1-14(2)7-10-25-11-9-22-13-15(3)6-8-23(22,28)18(25)12-16-4-5-17(21(24)27)20(26)19(16)22;23-15-6-7-22(28)17-10-14-4-5-16(20(24)27)19(26)18(14)21(22,11-15)8-9-25(17)12-13-2-1-3-13;1-13(2)6-9-24-10-8-21-12-15(25)5-7-22(21,28)17(24)11-14-3-4-16(20(23)27)19(26)18(14)21;23-21(27)16-6-4-14-10-18-17-7-5-15(25)11-22(17,19(14)20(16)26)8-9-24(18)12-13-2-1-3-13/h2,4,7-9,14,19,22,24,34,37H,3,5-6,10-13,15-17H2,1H3,(H2,31,35)(H,32,36);4-5,7,18,26,28H,3,6,8-13H2,1-2H3,(H2,24,27);4-5,13,15,17,26,28H,1-3,6-12,23H2,(H2,24,27);3-4,6,17,26,28H,5,7-12H2,1-2H3,(H2,23,27);4,6,13,15,17-18,25-26H,1-3,5,7-12H2,(H2,23,27)/t22?,24-,29-,30-;18-,22-,23-;15?,17-,21-,22-;17-,21-,22-;15-,17+,18-,22+/m11111/s1. The minimum absolute atomic E-state index is 0.0123. The maximum atomic E-state index is 13.2. The number of aliphatic hydroxyl groups is 5. The van der Waals surface area contributed by atoms with Crippen LogP contribution in [0.5, 0.6) is 28.7 Å². The van der Waals surface area contributed by atoms with E-state index in [2.05, 4.69) is 76.2 Å². The maximum Gasteiger partial charge on any atom is 0.252 e. The number of carbonyl (C=O) groups is 7. The van der Waals surface area contributed by atoms with E-state index < -0.39 is 73.6 Å². The Kier molecular flexibility index (Phi) is 28.1. The Hall–Kier alpha value is -10.4. The molecule has 0 spiro atoms. The van der Waals surface area contributed by atoms with Gasteiger partial charge in [-0.05, 0) is 347 Å². The molecule has 794 valence electrons. The molecule has 2 unspecified atom stereocenters. The first-order chi connectivity index (χ1) is 70.4. The number of aryl methyl sites for hydroxylation is 1. The van der Waals surface area contributed by atoms with Gasteiger partial charge in [0.25, 0.3) is 35.4 Å². The zero-order valence-corrected chi connectivity index (χ0v) is 87.0. The van der Waals surface area contributed by atoms with Crippen molar-refractivity contribution in [1.82, 2.24) is 29.8 Å². The SMILES string of the molecule is C=C1CC[C@@]2(O)[C@H]3Cc4ccc(C(N)=O)c(O)c4[C@@]2(CCN3CC=C(C)C)C1.CC(C)=CCN1CC[C@]23CC(=O)CC[C@@]2(O)[C@H]1Cc1ccc(C(N)=O)c(O)c13.Cc1cccc(C(=O)NC2CC[C@@]3(O)[C@H]4Cc5ccc(C(N)=O)c(O)c5[C@@]3(CCN4CC3CCC3)C2)c1.NC(=O)c1ccc2c(c1O)[C@]13CCN(CC4CCC4)[C@H](C2)[C@@H]1CC[C@@H](O)C3.NC(=O)c1ccc2c(c1O)[C@]13CCN(CC4CCC4)[C@H](C2)[C@]1(O)CCC(N)C3. The van der Waals surface area contributed by atoms with E-state index in [-0.39, 0.29) is 122 Å². The zero-order chi connectivity index (χ0) is 105. The number of ketones is 1. The fraction of sp³-hybridized carbons (Fsp3) is 0.588. The van der Waals surface area contributed by atoms with Crippen molar-refractivity contribution in [2.24, 2.45) is 58.1 Å². The monoisotopic (exact) mass is 2030 g/mol. The number of aliphatic hydroxyl groups excluding tert-OH is 1. The molecule has 5 aliphatic heterocycles. The summed E-state index contributed by atoms with van der Waals surface area (Å²) < 4.78 is 0. The number of rotatable bonds is 17. The van der Waals surface area contributed by atoms with Gasteiger partial charge in [-0.25, -0.2) is 0 Å². The van der Waals surface area contributed by atoms with Gasteiger partial charge in [-0.15, -0.1) is 0 Å². The molecule has 29 heteroatoms. The second-order valence-electron chi connectivity index (χ2n) is 48.8. The number of benzene rings is 6. The highest BCUT2D eigenvalue weighted by atomic mass is 16.3. The van der Waals surface area contributed by atoms with E-state index in [0.29, 0.717) is 137 Å². The number of Topliss-reactive ketones (excluding diaryl/α,β-unsaturated/α-hetero) is 1. The van der Waals surface area contributed by atoms with E-state index in [9.17, 15) is 84.6 Å². The van der Waals surface area contributed by atoms with E-state index >= 15 is 0 Å². The van der Waals surface area contributed by atoms with Gasteiger partial charge in [0, 0.05) is 148 Å². The molecule has 13 aliphatic carbocycles. The number of hydrogen-bond acceptors (Lipinski definition) is 23. The quantitative estimate of drug-likeness (QED) is 0.0377. The van der Waals surface area contributed by atoms with Gasteiger partial charge in [-0.1, -0.05) is 103 Å². The van der Waals surface area contributed by atoms with Gasteiger partial charge < -0.3 is 90.8 Å². The molecule has 148 heavy (non-hydrogen) atoms.